The maximum Gasteiger partial charge on any atom is 0.236 e. The van der Waals surface area contributed by atoms with Gasteiger partial charge < -0.3 is 5.32 Å². The first kappa shape index (κ1) is 16.4. The van der Waals surface area contributed by atoms with Crippen LogP contribution >= 0.6 is 43.6 Å². The zero-order valence-corrected chi connectivity index (χ0v) is 15.3. The van der Waals surface area contributed by atoms with Crippen LogP contribution in [-0.2, 0) is 4.79 Å². The number of aryl methyl sites for hydroxylation is 2. The minimum absolute atomic E-state index is 0.154. The predicted molar refractivity (Wildman–Crippen MR) is 90.5 cm³/mol. The molecule has 21 heavy (non-hydrogen) atoms. The molecule has 1 amide bonds. The van der Waals surface area contributed by atoms with Gasteiger partial charge in [0.2, 0.25) is 5.91 Å². The first-order valence-electron chi connectivity index (χ1n) is 6.00. The van der Waals surface area contributed by atoms with E-state index in [4.69, 9.17) is 0 Å². The third-order valence-corrected chi connectivity index (χ3v) is 4.25. The largest absolute Gasteiger partial charge is 0.309 e. The number of pyridine rings is 1. The number of carbonyl (C=O) groups excluding carboxylic acids is 1. The van der Waals surface area contributed by atoms with Crippen molar-refractivity contribution in [3.05, 3.63) is 38.7 Å². The lowest BCUT2D eigenvalue weighted by atomic mass is 10.4. The molecule has 0 bridgehead atoms. The number of aromatic nitrogens is 3. The molecule has 0 spiro atoms. The van der Waals surface area contributed by atoms with Crippen LogP contribution in [0, 0.1) is 13.8 Å². The van der Waals surface area contributed by atoms with E-state index in [0.717, 1.165) is 20.3 Å². The smallest absolute Gasteiger partial charge is 0.236 e. The van der Waals surface area contributed by atoms with Crippen molar-refractivity contribution in [3.63, 3.8) is 0 Å². The number of carbonyl (C=O) groups is 1. The molecule has 0 fully saturated rings. The van der Waals surface area contributed by atoms with E-state index in [9.17, 15) is 4.79 Å². The van der Waals surface area contributed by atoms with Crippen LogP contribution in [0.4, 0.5) is 5.82 Å². The van der Waals surface area contributed by atoms with E-state index in [1.165, 1.54) is 11.8 Å². The summed E-state index contributed by atoms with van der Waals surface area (Å²) in [6.45, 7) is 3.81. The van der Waals surface area contributed by atoms with Crippen LogP contribution in [0.2, 0.25) is 0 Å². The van der Waals surface area contributed by atoms with Crippen molar-refractivity contribution in [2.75, 3.05) is 11.1 Å². The highest BCUT2D eigenvalue weighted by atomic mass is 79.9. The fraction of sp³-hybridized carbons (Fsp3) is 0.231. The van der Waals surface area contributed by atoms with Crippen LogP contribution in [0.15, 0.2) is 32.4 Å². The number of nitrogens with one attached hydrogen (secondary N) is 1. The first-order chi connectivity index (χ1) is 9.94. The average molecular weight is 432 g/mol. The summed E-state index contributed by atoms with van der Waals surface area (Å²) in [5.74, 6) is 0.566. The van der Waals surface area contributed by atoms with Crippen LogP contribution in [0.25, 0.3) is 0 Å². The molecule has 0 aliphatic rings. The fourth-order valence-corrected chi connectivity index (χ4v) is 3.40. The molecule has 0 saturated carbocycles. The van der Waals surface area contributed by atoms with Gasteiger partial charge in [0.1, 0.15) is 5.82 Å². The molecule has 8 heteroatoms. The maximum absolute atomic E-state index is 11.9. The Bertz CT molecular complexity index is 661. The summed E-state index contributed by atoms with van der Waals surface area (Å²) in [6.07, 6.45) is 1.63. The van der Waals surface area contributed by atoms with E-state index in [2.05, 4.69) is 52.1 Å². The second kappa shape index (κ2) is 7.33. The van der Waals surface area contributed by atoms with Gasteiger partial charge in [-0.25, -0.2) is 15.0 Å². The van der Waals surface area contributed by atoms with Crippen LogP contribution < -0.4 is 5.32 Å². The molecule has 5 nitrogen and oxygen atoms in total. The van der Waals surface area contributed by atoms with Crippen molar-refractivity contribution in [1.82, 2.24) is 15.0 Å². The molecule has 0 unspecified atom stereocenters. The predicted octanol–water partition coefficient (Wildman–Crippen LogP) is 3.74. The minimum Gasteiger partial charge on any atom is -0.309 e. The monoisotopic (exact) mass is 430 g/mol. The molecule has 0 aliphatic heterocycles. The number of amides is 1. The second-order valence-electron chi connectivity index (χ2n) is 4.25. The number of hydrogen-bond donors (Lipinski definition) is 1. The normalized spacial score (nSPS) is 10.5. The SMILES string of the molecule is Cc1cc(C)nc(SCC(=O)Nc2ncc(Br)cc2Br)n1. The molecule has 0 aromatic carbocycles. The standard InChI is InChI=1S/C13H12Br2N4OS/c1-7-3-8(2)18-13(17-7)21-6-11(20)19-12-10(15)4-9(14)5-16-12/h3-5H,6H2,1-2H3,(H,16,19,20). The lowest BCUT2D eigenvalue weighted by molar-refractivity contribution is -0.113. The van der Waals surface area contributed by atoms with Crippen molar-refractivity contribution < 1.29 is 4.79 Å². The van der Waals surface area contributed by atoms with Gasteiger partial charge in [-0.1, -0.05) is 11.8 Å². The summed E-state index contributed by atoms with van der Waals surface area (Å²) in [5.41, 5.74) is 1.78. The van der Waals surface area contributed by atoms with Crippen molar-refractivity contribution in [2.24, 2.45) is 0 Å². The molecule has 0 radical (unpaired) electrons. The quantitative estimate of drug-likeness (QED) is 0.589. The Hall–Kier alpha value is -0.990. The van der Waals surface area contributed by atoms with E-state index in [1.807, 2.05) is 26.0 Å². The van der Waals surface area contributed by atoms with Crippen molar-refractivity contribution in [1.29, 1.82) is 0 Å². The van der Waals surface area contributed by atoms with E-state index < -0.39 is 0 Å². The first-order valence-corrected chi connectivity index (χ1v) is 8.57. The number of rotatable bonds is 4. The van der Waals surface area contributed by atoms with E-state index >= 15 is 0 Å². The number of thioether (sulfide) groups is 1. The zero-order chi connectivity index (χ0) is 15.4. The van der Waals surface area contributed by atoms with E-state index in [1.54, 1.807) is 6.20 Å². The van der Waals surface area contributed by atoms with Crippen LogP contribution in [0.1, 0.15) is 11.4 Å². The molecule has 0 saturated heterocycles. The van der Waals surface area contributed by atoms with Crippen LogP contribution in [-0.4, -0.2) is 26.6 Å². The van der Waals surface area contributed by atoms with E-state index in [0.29, 0.717) is 11.0 Å². The molecule has 1 N–H and O–H groups in total. The maximum atomic E-state index is 11.9. The number of halogens is 2. The van der Waals surface area contributed by atoms with Gasteiger partial charge >= 0.3 is 0 Å². The van der Waals surface area contributed by atoms with Crippen LogP contribution in [0.5, 0.6) is 0 Å². The van der Waals surface area contributed by atoms with Gasteiger partial charge in [0.25, 0.3) is 0 Å². The molecule has 2 heterocycles. The zero-order valence-electron chi connectivity index (χ0n) is 11.4. The summed E-state index contributed by atoms with van der Waals surface area (Å²) >= 11 is 7.96. The number of anilines is 1. The second-order valence-corrected chi connectivity index (χ2v) is 6.97. The van der Waals surface area contributed by atoms with Crippen molar-refractivity contribution >= 4 is 55.3 Å². The van der Waals surface area contributed by atoms with Crippen molar-refractivity contribution in [3.8, 4) is 0 Å². The van der Waals surface area contributed by atoms with Gasteiger partial charge in [-0.3, -0.25) is 4.79 Å². The Kier molecular flexibility index (Phi) is 5.72. The average Bonchev–Trinajstić information content (AvgIpc) is 2.39. The van der Waals surface area contributed by atoms with Crippen LogP contribution in [0.3, 0.4) is 0 Å². The molecule has 2 rings (SSSR count). The Morgan fingerprint density at radius 3 is 2.52 bits per heavy atom. The molecule has 2 aromatic rings. The fourth-order valence-electron chi connectivity index (χ4n) is 1.56. The topological polar surface area (TPSA) is 67.8 Å². The summed E-state index contributed by atoms with van der Waals surface area (Å²) in [4.78, 5) is 24.6. The summed E-state index contributed by atoms with van der Waals surface area (Å²) in [6, 6.07) is 3.72. The molecule has 0 aliphatic carbocycles. The molecule has 110 valence electrons. The lowest BCUT2D eigenvalue weighted by Crippen LogP contribution is -2.15. The van der Waals surface area contributed by atoms with Gasteiger partial charge in [-0.15, -0.1) is 0 Å². The number of hydrogen-bond acceptors (Lipinski definition) is 5. The molecule has 0 atom stereocenters. The Morgan fingerprint density at radius 2 is 1.90 bits per heavy atom. The summed E-state index contributed by atoms with van der Waals surface area (Å²) < 4.78 is 1.56. The van der Waals surface area contributed by atoms with Gasteiger partial charge in [0, 0.05) is 22.1 Å². The third-order valence-electron chi connectivity index (χ3n) is 2.36. The molecule has 2 aromatic heterocycles. The molecular formula is C13H12Br2N4OS. The summed E-state index contributed by atoms with van der Waals surface area (Å²) in [5, 5.41) is 3.35. The lowest BCUT2D eigenvalue weighted by Gasteiger charge is -2.06. The summed E-state index contributed by atoms with van der Waals surface area (Å²) in [7, 11) is 0. The van der Waals surface area contributed by atoms with Gasteiger partial charge in [-0.2, -0.15) is 0 Å². The highest BCUT2D eigenvalue weighted by Crippen LogP contribution is 2.23. The third kappa shape index (κ3) is 5.05. The Morgan fingerprint density at radius 1 is 1.24 bits per heavy atom. The molecular weight excluding hydrogens is 420 g/mol. The van der Waals surface area contributed by atoms with Gasteiger partial charge in [-0.05, 0) is 57.8 Å². The van der Waals surface area contributed by atoms with Gasteiger partial charge in [0.15, 0.2) is 5.16 Å². The Labute approximate surface area is 143 Å². The Balaban J connectivity index is 1.95. The van der Waals surface area contributed by atoms with Gasteiger partial charge in [0.05, 0.1) is 10.2 Å². The highest BCUT2D eigenvalue weighted by Gasteiger charge is 2.09. The minimum atomic E-state index is -0.154. The van der Waals surface area contributed by atoms with E-state index in [-0.39, 0.29) is 11.7 Å². The van der Waals surface area contributed by atoms with Crippen molar-refractivity contribution in [2.45, 2.75) is 19.0 Å². The number of nitrogens with zero attached hydrogens (tertiary/aromatic N) is 3. The highest BCUT2D eigenvalue weighted by molar-refractivity contribution is 9.11.